The largest absolute Gasteiger partial charge is 0.462 e. The predicted octanol–water partition coefficient (Wildman–Crippen LogP) is 2.18. The van der Waals surface area contributed by atoms with E-state index in [9.17, 15) is 0 Å². The average Bonchev–Trinajstić information content (AvgIpc) is 3.23. The van der Waals surface area contributed by atoms with Crippen LogP contribution in [0.2, 0.25) is 0 Å². The SMILES string of the molecule is CC1(C2CC[OH+]CC2)Cc2ccc(-c3cncnc3)cc2C12COC(N)=N2. The first-order valence-electron chi connectivity index (χ1n) is 9.63. The molecule has 2 aliphatic heterocycles. The van der Waals surface area contributed by atoms with Crippen LogP contribution in [0.15, 0.2) is 41.9 Å². The van der Waals surface area contributed by atoms with Crippen LogP contribution >= 0.6 is 0 Å². The number of nitrogens with two attached hydrogens (primary N) is 1. The topological polar surface area (TPSA) is 86.2 Å². The zero-order chi connectivity index (χ0) is 18.5. The third-order valence-electron chi connectivity index (χ3n) is 6.85. The fraction of sp³-hybridized carbons (Fsp3) is 0.476. The molecule has 0 saturated carbocycles. The molecular weight excluding hydrogens is 340 g/mol. The number of ether oxygens (including phenoxy) is 2. The first kappa shape index (κ1) is 16.7. The van der Waals surface area contributed by atoms with Gasteiger partial charge in [-0.25, -0.2) is 15.0 Å². The predicted molar refractivity (Wildman–Crippen MR) is 103 cm³/mol. The van der Waals surface area contributed by atoms with Crippen molar-refractivity contribution in [3.63, 3.8) is 0 Å². The molecule has 1 fully saturated rings. The highest BCUT2D eigenvalue weighted by Gasteiger charge is 2.61. The first-order valence-corrected chi connectivity index (χ1v) is 9.63. The number of benzene rings is 1. The summed E-state index contributed by atoms with van der Waals surface area (Å²) in [5.74, 6) is 0.559. The molecule has 1 spiro atoms. The van der Waals surface area contributed by atoms with E-state index in [1.54, 1.807) is 6.33 Å². The van der Waals surface area contributed by atoms with E-state index < -0.39 is 5.54 Å². The van der Waals surface area contributed by atoms with Crippen LogP contribution in [0.25, 0.3) is 11.1 Å². The molecular formula is C21H25N4O2+. The summed E-state index contributed by atoms with van der Waals surface area (Å²) in [4.78, 5) is 13.3. The van der Waals surface area contributed by atoms with Crippen LogP contribution in [0.5, 0.6) is 0 Å². The van der Waals surface area contributed by atoms with Crippen molar-refractivity contribution in [3.05, 3.63) is 48.0 Å². The Balaban J connectivity index is 1.64. The second-order valence-electron chi connectivity index (χ2n) is 8.14. The van der Waals surface area contributed by atoms with E-state index in [1.165, 1.54) is 11.1 Å². The van der Waals surface area contributed by atoms with Crippen LogP contribution in [0, 0.1) is 11.3 Å². The summed E-state index contributed by atoms with van der Waals surface area (Å²) in [6, 6.07) is 6.96. The van der Waals surface area contributed by atoms with Gasteiger partial charge in [0.25, 0.3) is 6.02 Å². The van der Waals surface area contributed by atoms with Crippen LogP contribution in [0.4, 0.5) is 0 Å². The van der Waals surface area contributed by atoms with Crippen LogP contribution in [0.3, 0.4) is 0 Å². The standard InChI is InChI=1S/C21H24N4O2/c1-20(17-4-6-26-7-5-17)9-15-3-2-14(16-10-23-13-24-11-16)8-18(15)21(20)12-27-19(22)25-21/h2-3,8,10-11,13,17H,4-7,9,12H2,1H3,(H2,22,25)/p+1. The van der Waals surface area contributed by atoms with Crippen molar-refractivity contribution < 1.29 is 9.47 Å². The lowest BCUT2D eigenvalue weighted by Crippen LogP contribution is -2.47. The quantitative estimate of drug-likeness (QED) is 0.827. The minimum absolute atomic E-state index is 0.0157. The second-order valence-corrected chi connectivity index (χ2v) is 8.14. The Morgan fingerprint density at radius 3 is 2.63 bits per heavy atom. The fourth-order valence-electron chi connectivity index (χ4n) is 5.32. The Morgan fingerprint density at radius 2 is 1.93 bits per heavy atom. The van der Waals surface area contributed by atoms with Crippen molar-refractivity contribution in [1.82, 2.24) is 9.97 Å². The van der Waals surface area contributed by atoms with Gasteiger partial charge >= 0.3 is 0 Å². The molecule has 2 aromatic rings. The molecule has 1 aromatic heterocycles. The van der Waals surface area contributed by atoms with E-state index in [1.807, 2.05) is 12.4 Å². The molecule has 0 bridgehead atoms. The van der Waals surface area contributed by atoms with E-state index in [2.05, 4.69) is 39.8 Å². The molecule has 0 radical (unpaired) electrons. The zero-order valence-corrected chi connectivity index (χ0v) is 15.6. The number of aliphatic hydroxyl groups is 2. The molecule has 6 heteroatoms. The zero-order valence-electron chi connectivity index (χ0n) is 15.6. The number of hydrogen-bond acceptors (Lipinski definition) is 5. The molecule has 1 saturated heterocycles. The molecule has 3 aliphatic rings. The number of hydrogen-bond donors (Lipinski definition) is 1. The van der Waals surface area contributed by atoms with Gasteiger partial charge in [0.1, 0.15) is 31.7 Å². The van der Waals surface area contributed by atoms with Crippen molar-refractivity contribution in [2.45, 2.75) is 31.7 Å². The van der Waals surface area contributed by atoms with Gasteiger partial charge in [0.05, 0.1) is 0 Å². The molecule has 1 aromatic carbocycles. The molecule has 6 nitrogen and oxygen atoms in total. The number of aromatic nitrogens is 2. The van der Waals surface area contributed by atoms with Gasteiger partial charge in [-0.05, 0) is 35.1 Å². The van der Waals surface area contributed by atoms with E-state index in [0.29, 0.717) is 18.5 Å². The van der Waals surface area contributed by atoms with E-state index in [4.69, 9.17) is 15.5 Å². The third kappa shape index (κ3) is 2.39. The Morgan fingerprint density at radius 1 is 1.15 bits per heavy atom. The summed E-state index contributed by atoms with van der Waals surface area (Å²) in [7, 11) is 0. The van der Waals surface area contributed by atoms with Gasteiger partial charge < -0.3 is 15.2 Å². The van der Waals surface area contributed by atoms with Crippen LogP contribution in [0.1, 0.15) is 30.9 Å². The monoisotopic (exact) mass is 365 g/mol. The summed E-state index contributed by atoms with van der Waals surface area (Å²) < 4.78 is 10.3. The molecule has 27 heavy (non-hydrogen) atoms. The lowest BCUT2D eigenvalue weighted by Gasteiger charge is -2.44. The molecule has 2 unspecified atom stereocenters. The fourth-order valence-corrected chi connectivity index (χ4v) is 5.32. The molecule has 3 N–H and O–H groups in total. The van der Waals surface area contributed by atoms with Crippen LogP contribution < -0.4 is 5.73 Å². The summed E-state index contributed by atoms with van der Waals surface area (Å²) >= 11 is 0. The van der Waals surface area contributed by atoms with Gasteiger partial charge in [0.15, 0.2) is 0 Å². The van der Waals surface area contributed by atoms with E-state index in [0.717, 1.165) is 43.6 Å². The summed E-state index contributed by atoms with van der Waals surface area (Å²) in [5, 5.41) is 0. The van der Waals surface area contributed by atoms with Gasteiger partial charge in [-0.2, -0.15) is 0 Å². The lowest BCUT2D eigenvalue weighted by molar-refractivity contribution is -0.109. The maximum Gasteiger partial charge on any atom is 0.283 e. The van der Waals surface area contributed by atoms with Crippen LogP contribution in [-0.4, -0.2) is 40.5 Å². The van der Waals surface area contributed by atoms with Crippen molar-refractivity contribution in [3.8, 4) is 11.1 Å². The van der Waals surface area contributed by atoms with Gasteiger partial charge in [0.2, 0.25) is 0 Å². The van der Waals surface area contributed by atoms with Crippen molar-refractivity contribution in [2.75, 3.05) is 19.8 Å². The van der Waals surface area contributed by atoms with E-state index in [-0.39, 0.29) is 5.41 Å². The number of rotatable bonds is 2. The Hall–Kier alpha value is -2.47. The van der Waals surface area contributed by atoms with Crippen molar-refractivity contribution in [1.29, 1.82) is 0 Å². The first-order chi connectivity index (χ1) is 13.1. The maximum atomic E-state index is 6.04. The minimum Gasteiger partial charge on any atom is -0.462 e. The maximum absolute atomic E-state index is 6.04. The van der Waals surface area contributed by atoms with Crippen LogP contribution in [-0.2, 0) is 16.7 Å². The highest BCUT2D eigenvalue weighted by molar-refractivity contribution is 5.75. The van der Waals surface area contributed by atoms with Gasteiger partial charge in [-0.3, -0.25) is 0 Å². The van der Waals surface area contributed by atoms with E-state index >= 15 is 0 Å². The molecule has 5 rings (SSSR count). The average molecular weight is 365 g/mol. The molecule has 1 aliphatic carbocycles. The molecule has 0 amide bonds. The minimum atomic E-state index is -0.417. The number of amidine groups is 1. The highest BCUT2D eigenvalue weighted by atomic mass is 16.5. The number of nitrogens with zero attached hydrogens (tertiary/aromatic N) is 3. The summed E-state index contributed by atoms with van der Waals surface area (Å²) in [6.45, 7) is 4.78. The number of fused-ring (bicyclic) bond motifs is 2. The second kappa shape index (κ2) is 6.02. The highest BCUT2D eigenvalue weighted by Crippen LogP contribution is 2.60. The summed E-state index contributed by atoms with van der Waals surface area (Å²) in [5.41, 5.74) is 10.3. The Labute approximate surface area is 158 Å². The lowest BCUT2D eigenvalue weighted by atomic mass is 9.62. The van der Waals surface area contributed by atoms with Gasteiger partial charge in [-0.1, -0.05) is 19.1 Å². The molecule has 140 valence electrons. The molecule has 3 heterocycles. The third-order valence-corrected chi connectivity index (χ3v) is 6.85. The Bertz CT molecular complexity index is 894. The number of aliphatic imine (C=N–C) groups is 1. The Kier molecular flexibility index (Phi) is 3.72. The van der Waals surface area contributed by atoms with Crippen molar-refractivity contribution in [2.24, 2.45) is 22.1 Å². The van der Waals surface area contributed by atoms with Gasteiger partial charge in [0, 0.05) is 36.2 Å². The normalized spacial score (nSPS) is 30.2. The summed E-state index contributed by atoms with van der Waals surface area (Å²) in [6.07, 6.45) is 8.47. The molecule has 2 atom stereocenters. The smallest absolute Gasteiger partial charge is 0.283 e. The van der Waals surface area contributed by atoms with Gasteiger partial charge in [-0.15, -0.1) is 0 Å². The van der Waals surface area contributed by atoms with Crippen molar-refractivity contribution >= 4 is 6.02 Å².